The summed E-state index contributed by atoms with van der Waals surface area (Å²) in [5, 5.41) is 2.65. The van der Waals surface area contributed by atoms with Crippen molar-refractivity contribution in [1.82, 2.24) is 10.2 Å². The summed E-state index contributed by atoms with van der Waals surface area (Å²) >= 11 is 0. The first-order chi connectivity index (χ1) is 7.06. The first-order valence-electron chi connectivity index (χ1n) is 4.67. The van der Waals surface area contributed by atoms with E-state index in [1.165, 1.54) is 0 Å². The minimum Gasteiger partial charge on any atom is -0.461 e. The van der Waals surface area contributed by atoms with Gasteiger partial charge in [-0.25, -0.2) is 0 Å². The summed E-state index contributed by atoms with van der Waals surface area (Å²) < 4.78 is 9.55. The maximum atomic E-state index is 11.0. The lowest BCUT2D eigenvalue weighted by Crippen LogP contribution is -2.26. The lowest BCUT2D eigenvalue weighted by atomic mass is 10.6. The molecule has 1 N–H and O–H groups in total. The molecule has 15 heavy (non-hydrogen) atoms. The molecule has 0 atom stereocenters. The van der Waals surface area contributed by atoms with Crippen molar-refractivity contribution in [3.05, 3.63) is 0 Å². The van der Waals surface area contributed by atoms with Crippen LogP contribution in [0.1, 0.15) is 0 Å². The van der Waals surface area contributed by atoms with Gasteiger partial charge < -0.3 is 14.8 Å². The van der Waals surface area contributed by atoms with Gasteiger partial charge in [0.2, 0.25) is 0 Å². The molecule has 0 aliphatic carbocycles. The van der Waals surface area contributed by atoms with Crippen LogP contribution in [0.25, 0.3) is 0 Å². The van der Waals surface area contributed by atoms with E-state index >= 15 is 0 Å². The van der Waals surface area contributed by atoms with Gasteiger partial charge in [-0.15, -0.1) is 0 Å². The Balaban J connectivity index is 3.38. The average molecular weight is 218 g/mol. The smallest absolute Gasteiger partial charge is 0.320 e. The molecule has 0 fully saturated rings. The van der Waals surface area contributed by atoms with Crippen molar-refractivity contribution in [1.29, 1.82) is 0 Å². The van der Waals surface area contributed by atoms with Gasteiger partial charge in [-0.2, -0.15) is 0 Å². The number of rotatable bonds is 7. The number of carbonyl (C=O) groups is 2. The largest absolute Gasteiger partial charge is 0.461 e. The van der Waals surface area contributed by atoms with Crippen LogP contribution in [0, 0.1) is 0 Å². The predicted molar refractivity (Wildman–Crippen MR) is 54.4 cm³/mol. The third-order valence-corrected chi connectivity index (χ3v) is 1.38. The predicted octanol–water partition coefficient (Wildman–Crippen LogP) is -1.15. The minimum absolute atomic E-state index is 0.0969. The molecule has 0 bridgehead atoms. The van der Waals surface area contributed by atoms with Crippen molar-refractivity contribution in [2.75, 3.05) is 47.4 Å². The lowest BCUT2D eigenvalue weighted by Gasteiger charge is -2.09. The van der Waals surface area contributed by atoms with Gasteiger partial charge in [0.25, 0.3) is 0 Å². The molecule has 0 spiro atoms. The first kappa shape index (κ1) is 13.9. The van der Waals surface area contributed by atoms with Gasteiger partial charge in [0, 0.05) is 0 Å². The molecule has 0 saturated heterocycles. The van der Waals surface area contributed by atoms with Crippen LogP contribution in [0.4, 0.5) is 0 Å². The normalized spacial score (nSPS) is 10.1. The van der Waals surface area contributed by atoms with E-state index in [0.717, 1.165) is 0 Å². The summed E-state index contributed by atoms with van der Waals surface area (Å²) in [4.78, 5) is 23.5. The number of esters is 2. The molecule has 0 aliphatic rings. The van der Waals surface area contributed by atoms with Gasteiger partial charge in [0.1, 0.15) is 13.2 Å². The van der Waals surface area contributed by atoms with Gasteiger partial charge >= 0.3 is 11.9 Å². The Hall–Kier alpha value is -1.14. The van der Waals surface area contributed by atoms with E-state index < -0.39 is 0 Å². The van der Waals surface area contributed by atoms with E-state index in [9.17, 15) is 9.59 Å². The van der Waals surface area contributed by atoms with Crippen molar-refractivity contribution in [2.45, 2.75) is 0 Å². The zero-order chi connectivity index (χ0) is 11.7. The van der Waals surface area contributed by atoms with E-state index in [2.05, 4.69) is 5.32 Å². The zero-order valence-electron chi connectivity index (χ0n) is 9.41. The molecular weight excluding hydrogens is 200 g/mol. The first-order valence-corrected chi connectivity index (χ1v) is 4.67. The number of hydrogen-bond acceptors (Lipinski definition) is 6. The number of ether oxygens (including phenoxy) is 2. The molecule has 6 heteroatoms. The summed E-state index contributed by atoms with van der Waals surface area (Å²) in [6.45, 7) is 0.581. The number of likely N-dealkylation sites (N-methyl/N-ethyl adjacent to an activating group) is 2. The molecule has 0 aliphatic heterocycles. The van der Waals surface area contributed by atoms with Crippen LogP contribution in [0.5, 0.6) is 0 Å². The van der Waals surface area contributed by atoms with Gasteiger partial charge in [0.15, 0.2) is 0 Å². The minimum atomic E-state index is -0.360. The number of nitrogens with one attached hydrogen (secondary N) is 1. The summed E-state index contributed by atoms with van der Waals surface area (Å²) in [7, 11) is 5.20. The van der Waals surface area contributed by atoms with Crippen LogP contribution < -0.4 is 5.32 Å². The van der Waals surface area contributed by atoms with Crippen molar-refractivity contribution in [2.24, 2.45) is 0 Å². The van der Waals surface area contributed by atoms with Crippen molar-refractivity contribution in [3.8, 4) is 0 Å². The Labute approximate surface area is 89.5 Å². The van der Waals surface area contributed by atoms with Crippen LogP contribution in [-0.4, -0.2) is 64.3 Å². The number of hydrogen-bond donors (Lipinski definition) is 1. The van der Waals surface area contributed by atoms with Crippen LogP contribution in [0.2, 0.25) is 0 Å². The molecule has 0 rings (SSSR count). The summed E-state index contributed by atoms with van der Waals surface area (Å²) in [6.07, 6.45) is 0. The third-order valence-electron chi connectivity index (χ3n) is 1.38. The standard InChI is InChI=1S/C9H18N2O4/c1-10-6-8(12)14-4-5-15-9(13)7-11(2)3/h10H,4-7H2,1-3H3. The maximum absolute atomic E-state index is 11.0. The fourth-order valence-electron chi connectivity index (χ4n) is 0.810. The molecule has 0 aromatic carbocycles. The Morgan fingerprint density at radius 1 is 1.13 bits per heavy atom. The van der Waals surface area contributed by atoms with Crippen LogP contribution in [0.3, 0.4) is 0 Å². The molecule has 0 saturated carbocycles. The lowest BCUT2D eigenvalue weighted by molar-refractivity contribution is -0.152. The van der Waals surface area contributed by atoms with Crippen LogP contribution in [-0.2, 0) is 19.1 Å². The van der Waals surface area contributed by atoms with Gasteiger partial charge in [-0.05, 0) is 21.1 Å². The summed E-state index contributed by atoms with van der Waals surface area (Å²) in [5.74, 6) is -0.689. The van der Waals surface area contributed by atoms with E-state index in [1.54, 1.807) is 26.0 Å². The molecule has 0 radical (unpaired) electrons. The van der Waals surface area contributed by atoms with Crippen LogP contribution in [0.15, 0.2) is 0 Å². The Morgan fingerprint density at radius 3 is 2.13 bits per heavy atom. The quantitative estimate of drug-likeness (QED) is 0.430. The second kappa shape index (κ2) is 8.19. The van der Waals surface area contributed by atoms with Crippen molar-refractivity contribution in [3.63, 3.8) is 0 Å². The Morgan fingerprint density at radius 2 is 1.67 bits per heavy atom. The molecule has 88 valence electrons. The highest BCUT2D eigenvalue weighted by Crippen LogP contribution is 1.84. The maximum Gasteiger partial charge on any atom is 0.320 e. The van der Waals surface area contributed by atoms with E-state index in [-0.39, 0.29) is 38.2 Å². The zero-order valence-corrected chi connectivity index (χ0v) is 9.41. The SMILES string of the molecule is CNCC(=O)OCCOC(=O)CN(C)C. The molecule has 0 amide bonds. The highest BCUT2D eigenvalue weighted by Gasteiger charge is 2.05. The Bertz CT molecular complexity index is 206. The molecular formula is C9H18N2O4. The fraction of sp³-hybridized carbons (Fsp3) is 0.778. The van der Waals surface area contributed by atoms with Gasteiger partial charge in [0.05, 0.1) is 13.1 Å². The molecule has 0 aromatic heterocycles. The molecule has 0 aromatic rings. The third kappa shape index (κ3) is 9.17. The number of nitrogens with zero attached hydrogens (tertiary/aromatic N) is 1. The fourth-order valence-corrected chi connectivity index (χ4v) is 0.810. The van der Waals surface area contributed by atoms with E-state index in [0.29, 0.717) is 0 Å². The molecule has 6 nitrogen and oxygen atoms in total. The Kier molecular flexibility index (Phi) is 7.57. The summed E-state index contributed by atoms with van der Waals surface area (Å²) in [5.41, 5.74) is 0. The van der Waals surface area contributed by atoms with E-state index in [4.69, 9.17) is 9.47 Å². The topological polar surface area (TPSA) is 67.9 Å². The van der Waals surface area contributed by atoms with E-state index in [1.807, 2.05) is 0 Å². The molecule has 0 unspecified atom stereocenters. The van der Waals surface area contributed by atoms with Gasteiger partial charge in [-0.3, -0.25) is 14.5 Å². The average Bonchev–Trinajstić information content (AvgIpc) is 2.12. The highest BCUT2D eigenvalue weighted by molar-refractivity contribution is 5.72. The number of carbonyl (C=O) groups excluding carboxylic acids is 2. The highest BCUT2D eigenvalue weighted by atomic mass is 16.6. The molecule has 0 heterocycles. The van der Waals surface area contributed by atoms with Crippen LogP contribution >= 0.6 is 0 Å². The van der Waals surface area contributed by atoms with Crippen molar-refractivity contribution >= 4 is 11.9 Å². The second-order valence-electron chi connectivity index (χ2n) is 3.21. The summed E-state index contributed by atoms with van der Waals surface area (Å²) in [6, 6.07) is 0. The monoisotopic (exact) mass is 218 g/mol. The van der Waals surface area contributed by atoms with Gasteiger partial charge in [-0.1, -0.05) is 0 Å². The second-order valence-corrected chi connectivity index (χ2v) is 3.21. The van der Waals surface area contributed by atoms with Crippen molar-refractivity contribution < 1.29 is 19.1 Å².